The Hall–Kier alpha value is -1.75. The van der Waals surface area contributed by atoms with E-state index in [1.54, 1.807) is 14.2 Å². The first-order valence-electron chi connectivity index (χ1n) is 7.33. The number of likely N-dealkylation sites (tertiary alicyclic amines) is 1. The zero-order valence-electron chi connectivity index (χ0n) is 12.7. The van der Waals surface area contributed by atoms with E-state index in [-0.39, 0.29) is 12.5 Å². The molecule has 21 heavy (non-hydrogen) atoms. The number of nitrogens with zero attached hydrogens (tertiary/aromatic N) is 1. The number of rotatable bonds is 6. The number of methoxy groups -OCH3 is 2. The topological polar surface area (TPSA) is 59.0 Å². The van der Waals surface area contributed by atoms with Crippen LogP contribution in [0.4, 0.5) is 0 Å². The van der Waals surface area contributed by atoms with Crippen LogP contribution in [0.5, 0.6) is 11.5 Å². The average molecular weight is 293 g/mol. The van der Waals surface area contributed by atoms with Crippen LogP contribution in [-0.4, -0.2) is 43.3 Å². The van der Waals surface area contributed by atoms with Crippen LogP contribution < -0.4 is 9.47 Å². The minimum atomic E-state index is -0.788. The van der Waals surface area contributed by atoms with Crippen molar-refractivity contribution in [3.05, 3.63) is 23.8 Å². The summed E-state index contributed by atoms with van der Waals surface area (Å²) in [5.74, 6) is 0.609. The van der Waals surface area contributed by atoms with Crippen LogP contribution in [-0.2, 0) is 4.79 Å². The molecule has 0 saturated carbocycles. The first kappa shape index (κ1) is 15.6. The molecule has 1 aliphatic heterocycles. The average Bonchev–Trinajstić information content (AvgIpc) is 2.52. The molecule has 1 atom stereocenters. The zero-order chi connectivity index (χ0) is 15.2. The van der Waals surface area contributed by atoms with Gasteiger partial charge in [-0.05, 0) is 32.0 Å². The Morgan fingerprint density at radius 3 is 2.52 bits per heavy atom. The number of hydrogen-bond donors (Lipinski definition) is 1. The summed E-state index contributed by atoms with van der Waals surface area (Å²) >= 11 is 0. The van der Waals surface area contributed by atoms with Crippen LogP contribution in [0, 0.1) is 0 Å². The lowest BCUT2D eigenvalue weighted by molar-refractivity contribution is -0.138. The third-order valence-electron chi connectivity index (χ3n) is 4.00. The molecule has 1 saturated heterocycles. The molecule has 1 heterocycles. The molecule has 2 rings (SSSR count). The molecule has 0 bridgehead atoms. The van der Waals surface area contributed by atoms with Crippen molar-refractivity contribution in [3.8, 4) is 11.5 Å². The van der Waals surface area contributed by atoms with Gasteiger partial charge in [0.25, 0.3) is 0 Å². The first-order chi connectivity index (χ1) is 10.2. The standard InChI is InChI=1S/C16H23NO4/c1-20-12-6-7-13(15(10-12)21-2)14(11-16(18)19)17-8-4-3-5-9-17/h6-7,10,14H,3-5,8-9,11H2,1-2H3,(H,18,19). The number of aliphatic carboxylic acids is 1. The SMILES string of the molecule is COc1ccc(C(CC(=O)O)N2CCCCC2)c(OC)c1. The van der Waals surface area contributed by atoms with Crippen molar-refractivity contribution < 1.29 is 19.4 Å². The Labute approximate surface area is 125 Å². The van der Waals surface area contributed by atoms with Gasteiger partial charge in [0.1, 0.15) is 11.5 Å². The maximum absolute atomic E-state index is 11.3. The summed E-state index contributed by atoms with van der Waals surface area (Å²) in [5.41, 5.74) is 0.919. The fourth-order valence-electron chi connectivity index (χ4n) is 2.92. The van der Waals surface area contributed by atoms with E-state index in [9.17, 15) is 9.90 Å². The number of carboxylic acid groups (broad SMARTS) is 1. The van der Waals surface area contributed by atoms with E-state index in [1.165, 1.54) is 6.42 Å². The normalized spacial score (nSPS) is 17.2. The zero-order valence-corrected chi connectivity index (χ0v) is 12.7. The van der Waals surface area contributed by atoms with Gasteiger partial charge >= 0.3 is 5.97 Å². The van der Waals surface area contributed by atoms with Gasteiger partial charge in [-0.15, -0.1) is 0 Å². The number of piperidine rings is 1. The highest BCUT2D eigenvalue weighted by atomic mass is 16.5. The predicted molar refractivity (Wildman–Crippen MR) is 80.0 cm³/mol. The summed E-state index contributed by atoms with van der Waals surface area (Å²) < 4.78 is 10.6. The van der Waals surface area contributed by atoms with E-state index in [2.05, 4.69) is 4.90 Å². The van der Waals surface area contributed by atoms with Gasteiger partial charge in [0.05, 0.1) is 20.6 Å². The minimum absolute atomic E-state index is 0.0860. The Morgan fingerprint density at radius 1 is 1.24 bits per heavy atom. The first-order valence-corrected chi connectivity index (χ1v) is 7.33. The van der Waals surface area contributed by atoms with Crippen molar-refractivity contribution in [2.45, 2.75) is 31.7 Å². The third kappa shape index (κ3) is 3.88. The van der Waals surface area contributed by atoms with Gasteiger partial charge in [-0.25, -0.2) is 0 Å². The molecular formula is C16H23NO4. The second kappa shape index (κ2) is 7.31. The van der Waals surface area contributed by atoms with Crippen LogP contribution in [0.25, 0.3) is 0 Å². The molecule has 1 fully saturated rings. The summed E-state index contributed by atoms with van der Waals surface area (Å²) in [4.78, 5) is 13.5. The summed E-state index contributed by atoms with van der Waals surface area (Å²) in [6.45, 7) is 1.88. The van der Waals surface area contributed by atoms with Gasteiger partial charge in [0.15, 0.2) is 0 Å². The second-order valence-corrected chi connectivity index (χ2v) is 5.32. The highest BCUT2D eigenvalue weighted by Gasteiger charge is 2.27. The molecule has 0 aliphatic carbocycles. The molecule has 0 amide bonds. The van der Waals surface area contributed by atoms with Gasteiger partial charge in [0.2, 0.25) is 0 Å². The van der Waals surface area contributed by atoms with E-state index in [4.69, 9.17) is 9.47 Å². The Kier molecular flexibility index (Phi) is 5.44. The van der Waals surface area contributed by atoms with Gasteiger partial charge in [-0.3, -0.25) is 9.69 Å². The van der Waals surface area contributed by atoms with E-state index in [0.717, 1.165) is 31.5 Å². The van der Waals surface area contributed by atoms with E-state index in [0.29, 0.717) is 11.5 Å². The van der Waals surface area contributed by atoms with Crippen molar-refractivity contribution in [1.29, 1.82) is 0 Å². The Balaban J connectivity index is 2.32. The van der Waals surface area contributed by atoms with Crippen LogP contribution in [0.3, 0.4) is 0 Å². The number of hydrogen-bond acceptors (Lipinski definition) is 4. The van der Waals surface area contributed by atoms with Crippen molar-refractivity contribution in [2.24, 2.45) is 0 Å². The molecule has 1 N–H and O–H groups in total. The molecule has 116 valence electrons. The fraction of sp³-hybridized carbons (Fsp3) is 0.562. The Bertz CT molecular complexity index is 483. The monoisotopic (exact) mass is 293 g/mol. The number of benzene rings is 1. The van der Waals surface area contributed by atoms with E-state index < -0.39 is 5.97 Å². The molecule has 1 aromatic carbocycles. The molecule has 1 aliphatic rings. The molecule has 5 heteroatoms. The lowest BCUT2D eigenvalue weighted by atomic mass is 9.98. The van der Waals surface area contributed by atoms with Crippen molar-refractivity contribution in [3.63, 3.8) is 0 Å². The smallest absolute Gasteiger partial charge is 0.305 e. The number of carboxylic acids is 1. The lowest BCUT2D eigenvalue weighted by Crippen LogP contribution is -2.35. The van der Waals surface area contributed by atoms with Crippen molar-refractivity contribution in [1.82, 2.24) is 4.90 Å². The summed E-state index contributed by atoms with van der Waals surface area (Å²) in [6, 6.07) is 5.44. The molecule has 5 nitrogen and oxygen atoms in total. The summed E-state index contributed by atoms with van der Waals surface area (Å²) in [6.07, 6.45) is 3.54. The quantitative estimate of drug-likeness (QED) is 0.874. The molecular weight excluding hydrogens is 270 g/mol. The largest absolute Gasteiger partial charge is 0.497 e. The van der Waals surface area contributed by atoms with Gasteiger partial charge in [0, 0.05) is 17.7 Å². The van der Waals surface area contributed by atoms with Gasteiger partial charge in [-0.2, -0.15) is 0 Å². The van der Waals surface area contributed by atoms with Crippen LogP contribution in [0.1, 0.15) is 37.3 Å². The number of carbonyl (C=O) groups is 1. The molecule has 0 aromatic heterocycles. The number of ether oxygens (including phenoxy) is 2. The molecule has 0 radical (unpaired) electrons. The van der Waals surface area contributed by atoms with Crippen LogP contribution in [0.2, 0.25) is 0 Å². The highest BCUT2D eigenvalue weighted by molar-refractivity contribution is 5.68. The minimum Gasteiger partial charge on any atom is -0.497 e. The van der Waals surface area contributed by atoms with Gasteiger partial charge in [-0.1, -0.05) is 12.5 Å². The highest BCUT2D eigenvalue weighted by Crippen LogP contribution is 2.35. The maximum Gasteiger partial charge on any atom is 0.305 e. The molecule has 1 unspecified atom stereocenters. The third-order valence-corrected chi connectivity index (χ3v) is 4.00. The fourth-order valence-corrected chi connectivity index (χ4v) is 2.92. The van der Waals surface area contributed by atoms with Crippen molar-refractivity contribution >= 4 is 5.97 Å². The van der Waals surface area contributed by atoms with E-state index in [1.807, 2.05) is 18.2 Å². The van der Waals surface area contributed by atoms with Crippen molar-refractivity contribution in [2.75, 3.05) is 27.3 Å². The summed E-state index contributed by atoms with van der Waals surface area (Å²) in [7, 11) is 3.21. The van der Waals surface area contributed by atoms with Gasteiger partial charge < -0.3 is 14.6 Å². The van der Waals surface area contributed by atoms with Crippen LogP contribution >= 0.6 is 0 Å². The van der Waals surface area contributed by atoms with Crippen LogP contribution in [0.15, 0.2) is 18.2 Å². The maximum atomic E-state index is 11.3. The molecule has 0 spiro atoms. The Morgan fingerprint density at radius 2 is 1.95 bits per heavy atom. The summed E-state index contributed by atoms with van der Waals surface area (Å²) in [5, 5.41) is 9.25. The second-order valence-electron chi connectivity index (χ2n) is 5.32. The molecule has 1 aromatic rings. The predicted octanol–water partition coefficient (Wildman–Crippen LogP) is 2.71. The lowest BCUT2D eigenvalue weighted by Gasteiger charge is -2.34. The van der Waals surface area contributed by atoms with E-state index >= 15 is 0 Å².